The molecule has 0 aliphatic rings. The zero-order valence-electron chi connectivity index (χ0n) is 13.0. The maximum absolute atomic E-state index is 13.9. The lowest BCUT2D eigenvalue weighted by Gasteiger charge is -2.06. The van der Waals surface area contributed by atoms with Gasteiger partial charge < -0.3 is 9.47 Å². The molecule has 0 aliphatic carbocycles. The summed E-state index contributed by atoms with van der Waals surface area (Å²) in [6.45, 7) is 2.09. The van der Waals surface area contributed by atoms with Gasteiger partial charge in [-0.3, -0.25) is 10.2 Å². The summed E-state index contributed by atoms with van der Waals surface area (Å²) in [4.78, 5) is 15.6. The lowest BCUT2D eigenvalue weighted by Crippen LogP contribution is -2.07. The van der Waals surface area contributed by atoms with Crippen LogP contribution >= 0.6 is 33.9 Å². The van der Waals surface area contributed by atoms with E-state index in [9.17, 15) is 9.18 Å². The minimum atomic E-state index is -0.423. The normalized spacial score (nSPS) is 10.8. The fourth-order valence-corrected chi connectivity index (χ4v) is 2.90. The lowest BCUT2D eigenvalue weighted by molar-refractivity contribution is -0.142. The molecule has 0 radical (unpaired) electrons. The summed E-state index contributed by atoms with van der Waals surface area (Å²) in [6.07, 6.45) is 1.57. The Bertz CT molecular complexity index is 752. The van der Waals surface area contributed by atoms with Crippen LogP contribution < -0.4 is 10.2 Å². The number of halogens is 2. The van der Waals surface area contributed by atoms with Crippen molar-refractivity contribution >= 4 is 51.2 Å². The first-order valence-electron chi connectivity index (χ1n) is 6.96. The molecule has 9 heteroatoms. The molecule has 0 spiro atoms. The van der Waals surface area contributed by atoms with Crippen molar-refractivity contribution < 1.29 is 18.7 Å². The van der Waals surface area contributed by atoms with Gasteiger partial charge in [0.15, 0.2) is 11.6 Å². The van der Waals surface area contributed by atoms with Gasteiger partial charge in [0.05, 0.1) is 35.6 Å². The van der Waals surface area contributed by atoms with Gasteiger partial charge in [0.25, 0.3) is 0 Å². The first-order valence-corrected chi connectivity index (χ1v) is 8.92. The van der Waals surface area contributed by atoms with Gasteiger partial charge in [-0.2, -0.15) is 5.10 Å². The van der Waals surface area contributed by atoms with Gasteiger partial charge in [0, 0.05) is 10.9 Å². The summed E-state index contributed by atoms with van der Waals surface area (Å²) >= 11 is 3.20. The molecule has 0 aliphatic heterocycles. The number of nitrogens with zero attached hydrogens (tertiary/aromatic N) is 2. The van der Waals surface area contributed by atoms with Crippen molar-refractivity contribution in [3.05, 3.63) is 38.2 Å². The van der Waals surface area contributed by atoms with Crippen LogP contribution in [0.15, 0.2) is 22.6 Å². The van der Waals surface area contributed by atoms with Crippen LogP contribution in [0, 0.1) is 9.39 Å². The van der Waals surface area contributed by atoms with Crippen LogP contribution in [0.2, 0.25) is 0 Å². The van der Waals surface area contributed by atoms with Crippen LogP contribution in [-0.2, 0) is 16.0 Å². The Balaban J connectivity index is 2.01. The topological polar surface area (TPSA) is 72.8 Å². The van der Waals surface area contributed by atoms with Crippen LogP contribution in [0.25, 0.3) is 0 Å². The van der Waals surface area contributed by atoms with E-state index >= 15 is 0 Å². The average molecular weight is 463 g/mol. The third-order valence-electron chi connectivity index (χ3n) is 2.83. The number of anilines is 1. The Morgan fingerprint density at radius 3 is 3.04 bits per heavy atom. The number of esters is 1. The standard InChI is InChI=1S/C15H15FIN3O3S/c1-3-23-12(21)6-10-8-24-15(19-10)20-18-7-9-4-5-11(17)13(16)14(9)22-2/h4-5,7-8H,3,6H2,1-2H3,(H,19,20). The summed E-state index contributed by atoms with van der Waals surface area (Å²) in [5.41, 5.74) is 3.86. The summed E-state index contributed by atoms with van der Waals surface area (Å²) in [6, 6.07) is 3.35. The number of hydrogen-bond donors (Lipinski definition) is 1. The van der Waals surface area contributed by atoms with Gasteiger partial charge in [-0.15, -0.1) is 11.3 Å². The number of carbonyl (C=O) groups excluding carboxylic acids is 1. The molecule has 24 heavy (non-hydrogen) atoms. The van der Waals surface area contributed by atoms with E-state index in [0.717, 1.165) is 0 Å². The van der Waals surface area contributed by atoms with Crippen LogP contribution in [0.4, 0.5) is 9.52 Å². The van der Waals surface area contributed by atoms with E-state index in [1.54, 1.807) is 24.4 Å². The SMILES string of the molecule is CCOC(=O)Cc1csc(NN=Cc2ccc(I)c(F)c2OC)n1. The van der Waals surface area contributed by atoms with Crippen molar-refractivity contribution in [3.8, 4) is 5.75 Å². The maximum Gasteiger partial charge on any atom is 0.311 e. The van der Waals surface area contributed by atoms with E-state index in [2.05, 4.69) is 15.5 Å². The highest BCUT2D eigenvalue weighted by Crippen LogP contribution is 2.25. The molecular weight excluding hydrogens is 448 g/mol. The molecule has 6 nitrogen and oxygen atoms in total. The quantitative estimate of drug-likeness (QED) is 0.295. The van der Waals surface area contributed by atoms with E-state index in [4.69, 9.17) is 9.47 Å². The van der Waals surface area contributed by atoms with Gasteiger partial charge in [0.2, 0.25) is 5.13 Å². The van der Waals surface area contributed by atoms with E-state index < -0.39 is 5.82 Å². The second-order valence-electron chi connectivity index (χ2n) is 4.48. The molecule has 0 amide bonds. The molecule has 0 saturated carbocycles. The van der Waals surface area contributed by atoms with Crippen LogP contribution in [0.1, 0.15) is 18.2 Å². The monoisotopic (exact) mass is 463 g/mol. The van der Waals surface area contributed by atoms with Crippen molar-refractivity contribution in [2.24, 2.45) is 5.10 Å². The molecule has 2 aromatic rings. The Kier molecular flexibility index (Phi) is 6.91. The number of thiazole rings is 1. The number of carbonyl (C=O) groups is 1. The lowest BCUT2D eigenvalue weighted by atomic mass is 10.2. The Morgan fingerprint density at radius 1 is 1.54 bits per heavy atom. The number of ether oxygens (including phenoxy) is 2. The number of hydrogen-bond acceptors (Lipinski definition) is 7. The first kappa shape index (κ1) is 18.6. The van der Waals surface area contributed by atoms with Gasteiger partial charge in [0.1, 0.15) is 0 Å². The Morgan fingerprint density at radius 2 is 2.33 bits per heavy atom. The third-order valence-corrected chi connectivity index (χ3v) is 4.46. The Hall–Kier alpha value is -1.75. The number of rotatable bonds is 7. The highest BCUT2D eigenvalue weighted by Gasteiger charge is 2.11. The van der Waals surface area contributed by atoms with Crippen molar-refractivity contribution in [1.29, 1.82) is 0 Å². The highest BCUT2D eigenvalue weighted by atomic mass is 127. The minimum absolute atomic E-state index is 0.117. The van der Waals surface area contributed by atoms with Crippen LogP contribution in [-0.4, -0.2) is 30.9 Å². The van der Waals surface area contributed by atoms with E-state index in [1.165, 1.54) is 24.7 Å². The largest absolute Gasteiger partial charge is 0.493 e. The van der Waals surface area contributed by atoms with E-state index in [0.29, 0.717) is 26.6 Å². The predicted molar refractivity (Wildman–Crippen MR) is 99.3 cm³/mol. The average Bonchev–Trinajstić information content (AvgIpc) is 2.98. The molecule has 0 fully saturated rings. The summed E-state index contributed by atoms with van der Waals surface area (Å²) in [5.74, 6) is -0.612. The maximum atomic E-state index is 13.9. The molecule has 0 saturated heterocycles. The fourth-order valence-electron chi connectivity index (χ4n) is 1.81. The number of aromatic nitrogens is 1. The molecular formula is C15H15FIN3O3S. The second-order valence-corrected chi connectivity index (χ2v) is 6.50. The van der Waals surface area contributed by atoms with Crippen LogP contribution in [0.5, 0.6) is 5.75 Å². The minimum Gasteiger partial charge on any atom is -0.493 e. The number of nitrogens with one attached hydrogen (secondary N) is 1. The van der Waals surface area contributed by atoms with Gasteiger partial charge in [-0.05, 0) is 41.6 Å². The molecule has 128 valence electrons. The smallest absolute Gasteiger partial charge is 0.311 e. The number of benzene rings is 1. The van der Waals surface area contributed by atoms with Crippen molar-refractivity contribution in [2.75, 3.05) is 19.1 Å². The zero-order chi connectivity index (χ0) is 17.5. The van der Waals surface area contributed by atoms with Gasteiger partial charge in [-0.25, -0.2) is 9.37 Å². The predicted octanol–water partition coefficient (Wildman–Crippen LogP) is 3.45. The molecule has 1 heterocycles. The fraction of sp³-hybridized carbons (Fsp3) is 0.267. The number of hydrazone groups is 1. The molecule has 1 aromatic heterocycles. The zero-order valence-corrected chi connectivity index (χ0v) is 16.0. The summed E-state index contributed by atoms with van der Waals surface area (Å²) in [5, 5.41) is 6.30. The highest BCUT2D eigenvalue weighted by molar-refractivity contribution is 14.1. The molecule has 0 atom stereocenters. The third kappa shape index (κ3) is 4.87. The molecule has 0 bridgehead atoms. The van der Waals surface area contributed by atoms with Crippen molar-refractivity contribution in [1.82, 2.24) is 4.98 Å². The summed E-state index contributed by atoms with van der Waals surface area (Å²) in [7, 11) is 1.40. The van der Waals surface area contributed by atoms with Gasteiger partial charge in [-0.1, -0.05) is 0 Å². The van der Waals surface area contributed by atoms with Crippen LogP contribution in [0.3, 0.4) is 0 Å². The van der Waals surface area contributed by atoms with Gasteiger partial charge >= 0.3 is 5.97 Å². The molecule has 1 aromatic carbocycles. The molecule has 2 rings (SSSR count). The van der Waals surface area contributed by atoms with E-state index in [-0.39, 0.29) is 18.1 Å². The van der Waals surface area contributed by atoms with Crippen molar-refractivity contribution in [2.45, 2.75) is 13.3 Å². The molecule has 0 unspecified atom stereocenters. The summed E-state index contributed by atoms with van der Waals surface area (Å²) < 4.78 is 24.3. The first-order chi connectivity index (χ1) is 11.5. The number of methoxy groups -OCH3 is 1. The van der Waals surface area contributed by atoms with E-state index in [1.807, 2.05) is 22.6 Å². The van der Waals surface area contributed by atoms with Crippen molar-refractivity contribution in [3.63, 3.8) is 0 Å². The molecule has 1 N–H and O–H groups in total. The second kappa shape index (κ2) is 8.92. The Labute approximate surface area is 156 Å².